The zero-order valence-electron chi connectivity index (χ0n) is 10.9. The Kier molecular flexibility index (Phi) is 4.92. The molecule has 1 rings (SSSR count). The molecule has 0 aliphatic heterocycles. The number of para-hydroxylation sites is 1. The van der Waals surface area contributed by atoms with Crippen molar-refractivity contribution in [1.29, 1.82) is 0 Å². The van der Waals surface area contributed by atoms with Crippen molar-refractivity contribution < 1.29 is 39.9 Å². The van der Waals surface area contributed by atoms with Gasteiger partial charge in [-0.2, -0.15) is 26.3 Å². The highest BCUT2D eigenvalue weighted by atomic mass is 19.4. The smallest absolute Gasteiger partial charge is 0.313 e. The fourth-order valence-electron chi connectivity index (χ4n) is 1.53. The van der Waals surface area contributed by atoms with E-state index in [1.807, 2.05) is 0 Å². The van der Waals surface area contributed by atoms with Crippen LogP contribution in [0.25, 0.3) is 0 Å². The summed E-state index contributed by atoms with van der Waals surface area (Å²) in [6.07, 6.45) is -12.5. The number of carbonyl (C=O) groups excluding carboxylic acids is 1. The lowest BCUT2D eigenvalue weighted by Gasteiger charge is -2.35. The molecule has 0 radical (unpaired) electrons. The topological polar surface area (TPSA) is 41.1 Å². The molecule has 0 bridgehead atoms. The van der Waals surface area contributed by atoms with E-state index in [-0.39, 0.29) is 0 Å². The highest BCUT2D eigenvalue weighted by Gasteiger charge is 2.70. The molecule has 0 heterocycles. The minimum absolute atomic E-state index is 0.565. The molecule has 0 aliphatic carbocycles. The van der Waals surface area contributed by atoms with Crippen molar-refractivity contribution in [1.82, 2.24) is 5.32 Å². The van der Waals surface area contributed by atoms with E-state index in [1.54, 1.807) is 0 Å². The number of rotatable bonds is 3. The molecular weight excluding hydrogens is 340 g/mol. The first-order chi connectivity index (χ1) is 10.4. The van der Waals surface area contributed by atoms with Gasteiger partial charge in [-0.3, -0.25) is 0 Å². The molecule has 0 saturated carbocycles. The normalized spacial score (nSPS) is 12.7. The third-order valence-electron chi connectivity index (χ3n) is 2.71. The van der Waals surface area contributed by atoms with Crippen LogP contribution in [0.4, 0.5) is 45.6 Å². The summed E-state index contributed by atoms with van der Waals surface area (Å²) in [4.78, 5) is 11.4. The Morgan fingerprint density at radius 3 is 1.78 bits per heavy atom. The van der Waals surface area contributed by atoms with Crippen molar-refractivity contribution in [2.45, 2.75) is 17.9 Å². The number of amides is 2. The monoisotopic (exact) mass is 348 g/mol. The van der Waals surface area contributed by atoms with E-state index in [1.165, 1.54) is 5.32 Å². The quantitative estimate of drug-likeness (QED) is 0.626. The van der Waals surface area contributed by atoms with E-state index in [9.17, 15) is 39.9 Å². The van der Waals surface area contributed by atoms with E-state index < -0.39 is 47.3 Å². The molecule has 3 nitrogen and oxygen atoms in total. The molecule has 11 heteroatoms. The number of nitrogens with one attached hydrogen (secondary N) is 2. The summed E-state index contributed by atoms with van der Waals surface area (Å²) in [5.74, 6) is -2.77. The van der Waals surface area contributed by atoms with Crippen LogP contribution in [0.1, 0.15) is 0 Å². The van der Waals surface area contributed by atoms with Crippen LogP contribution in [0.5, 0.6) is 0 Å². The van der Waals surface area contributed by atoms with Crippen molar-refractivity contribution in [3.63, 3.8) is 0 Å². The van der Waals surface area contributed by atoms with Crippen LogP contribution in [0.2, 0.25) is 0 Å². The SMILES string of the molecule is C=CC(NC(=O)Nc1c(F)cccc1F)(C(F)(F)F)C(F)(F)F. The molecule has 0 saturated heterocycles. The molecule has 0 aliphatic rings. The van der Waals surface area contributed by atoms with E-state index in [4.69, 9.17) is 0 Å². The third kappa shape index (κ3) is 3.54. The van der Waals surface area contributed by atoms with Gasteiger partial charge in [0.05, 0.1) is 0 Å². The van der Waals surface area contributed by atoms with Gasteiger partial charge in [-0.25, -0.2) is 13.6 Å². The van der Waals surface area contributed by atoms with Crippen molar-refractivity contribution in [2.75, 3.05) is 5.32 Å². The second-order valence-electron chi connectivity index (χ2n) is 4.18. The fraction of sp³-hybridized carbons (Fsp3) is 0.250. The Balaban J connectivity index is 3.16. The van der Waals surface area contributed by atoms with Gasteiger partial charge in [0.15, 0.2) is 0 Å². The highest BCUT2D eigenvalue weighted by Crippen LogP contribution is 2.43. The van der Waals surface area contributed by atoms with Gasteiger partial charge in [0, 0.05) is 0 Å². The Morgan fingerprint density at radius 1 is 1.00 bits per heavy atom. The first-order valence-corrected chi connectivity index (χ1v) is 5.66. The van der Waals surface area contributed by atoms with E-state index >= 15 is 0 Å². The molecule has 0 atom stereocenters. The predicted octanol–water partition coefficient (Wildman–Crippen LogP) is 4.14. The predicted molar refractivity (Wildman–Crippen MR) is 63.6 cm³/mol. The molecule has 0 fully saturated rings. The Labute approximate surface area is 124 Å². The zero-order chi connectivity index (χ0) is 18.1. The maximum atomic E-state index is 13.2. The second-order valence-corrected chi connectivity index (χ2v) is 4.18. The van der Waals surface area contributed by atoms with Crippen LogP contribution in [0.15, 0.2) is 30.9 Å². The van der Waals surface area contributed by atoms with Gasteiger partial charge in [0.25, 0.3) is 5.54 Å². The van der Waals surface area contributed by atoms with Crippen LogP contribution in [-0.4, -0.2) is 23.9 Å². The lowest BCUT2D eigenvalue weighted by Crippen LogP contribution is -2.66. The zero-order valence-corrected chi connectivity index (χ0v) is 10.9. The van der Waals surface area contributed by atoms with Crippen molar-refractivity contribution in [3.8, 4) is 0 Å². The standard InChI is InChI=1S/C12H8F8N2O/c1-2-10(11(15,16)17,12(18,19)20)22-9(23)21-8-6(13)4-3-5-7(8)14/h2-5H,1H2,(H2,21,22,23). The van der Waals surface area contributed by atoms with Crippen molar-refractivity contribution in [2.24, 2.45) is 0 Å². The maximum Gasteiger partial charge on any atom is 0.424 e. The van der Waals surface area contributed by atoms with Crippen LogP contribution in [0.3, 0.4) is 0 Å². The molecule has 23 heavy (non-hydrogen) atoms. The number of carbonyl (C=O) groups is 1. The number of hydrogen-bond acceptors (Lipinski definition) is 1. The maximum absolute atomic E-state index is 13.2. The molecule has 0 spiro atoms. The lowest BCUT2D eigenvalue weighted by atomic mass is 9.98. The molecule has 1 aromatic rings. The largest absolute Gasteiger partial charge is 0.424 e. The van der Waals surface area contributed by atoms with Crippen LogP contribution >= 0.6 is 0 Å². The first-order valence-electron chi connectivity index (χ1n) is 5.66. The van der Waals surface area contributed by atoms with Gasteiger partial charge in [0.2, 0.25) is 0 Å². The number of anilines is 1. The van der Waals surface area contributed by atoms with E-state index in [0.717, 1.165) is 6.07 Å². The summed E-state index contributed by atoms with van der Waals surface area (Å²) in [6.45, 7) is 2.43. The van der Waals surface area contributed by atoms with Crippen LogP contribution in [0, 0.1) is 11.6 Å². The van der Waals surface area contributed by atoms with Gasteiger partial charge in [-0.1, -0.05) is 6.07 Å². The average Bonchev–Trinajstić information content (AvgIpc) is 2.37. The Morgan fingerprint density at radius 2 is 1.43 bits per heavy atom. The van der Waals surface area contributed by atoms with Gasteiger partial charge >= 0.3 is 18.4 Å². The van der Waals surface area contributed by atoms with Gasteiger partial charge in [0.1, 0.15) is 17.3 Å². The van der Waals surface area contributed by atoms with Crippen molar-refractivity contribution in [3.05, 3.63) is 42.5 Å². The number of alkyl halides is 6. The summed E-state index contributed by atoms with van der Waals surface area (Å²) in [7, 11) is 0. The van der Waals surface area contributed by atoms with Gasteiger partial charge in [-0.15, -0.1) is 6.58 Å². The minimum atomic E-state index is -5.99. The Hall–Kier alpha value is -2.33. The average molecular weight is 348 g/mol. The summed E-state index contributed by atoms with van der Waals surface area (Å²) in [5, 5.41) is 1.88. The van der Waals surface area contributed by atoms with Gasteiger partial charge < -0.3 is 10.6 Å². The summed E-state index contributed by atoms with van der Waals surface area (Å²) in [5.41, 5.74) is -5.99. The molecule has 128 valence electrons. The fourth-order valence-corrected chi connectivity index (χ4v) is 1.53. The molecule has 0 aromatic heterocycles. The first kappa shape index (κ1) is 18.7. The highest BCUT2D eigenvalue weighted by molar-refractivity contribution is 5.90. The third-order valence-corrected chi connectivity index (χ3v) is 2.71. The summed E-state index contributed by atoms with van der Waals surface area (Å²) < 4.78 is 103. The Bertz CT molecular complexity index is 574. The molecule has 2 amide bonds. The van der Waals surface area contributed by atoms with E-state index in [2.05, 4.69) is 6.58 Å². The van der Waals surface area contributed by atoms with Crippen molar-refractivity contribution >= 4 is 11.7 Å². The van der Waals surface area contributed by atoms with Crippen LogP contribution in [-0.2, 0) is 0 Å². The molecule has 0 unspecified atom stereocenters. The summed E-state index contributed by atoms with van der Waals surface area (Å²) >= 11 is 0. The molecular formula is C12H8F8N2O. The lowest BCUT2D eigenvalue weighted by molar-refractivity contribution is -0.286. The minimum Gasteiger partial charge on any atom is -0.313 e. The van der Waals surface area contributed by atoms with E-state index in [0.29, 0.717) is 17.4 Å². The number of halogens is 8. The summed E-state index contributed by atoms with van der Waals surface area (Å²) in [6, 6.07) is 0.0520. The van der Waals surface area contributed by atoms with Crippen LogP contribution < -0.4 is 10.6 Å². The molecule has 1 aromatic carbocycles. The van der Waals surface area contributed by atoms with Gasteiger partial charge in [-0.05, 0) is 18.2 Å². The number of benzene rings is 1. The molecule has 2 N–H and O–H groups in total. The number of hydrogen-bond donors (Lipinski definition) is 2. The second kappa shape index (κ2) is 6.05. The number of urea groups is 1.